The Labute approximate surface area is 94.7 Å². The molecule has 0 saturated carbocycles. The zero-order valence-electron chi connectivity index (χ0n) is 7.89. The minimum absolute atomic E-state index is 0.987. The van der Waals surface area contributed by atoms with Crippen LogP contribution in [0.25, 0.3) is 10.6 Å². The van der Waals surface area contributed by atoms with Crippen LogP contribution in [0.3, 0.4) is 0 Å². The highest BCUT2D eigenvalue weighted by Gasteiger charge is 2.12. The molecule has 0 aromatic carbocycles. The summed E-state index contributed by atoms with van der Waals surface area (Å²) in [5, 5.41) is 12.5. The maximum absolute atomic E-state index is 4.27. The summed E-state index contributed by atoms with van der Waals surface area (Å²) in [5.41, 5.74) is 3.12. The number of aryl methyl sites for hydroxylation is 1. The van der Waals surface area contributed by atoms with E-state index in [2.05, 4.69) is 42.9 Å². The van der Waals surface area contributed by atoms with Gasteiger partial charge in [-0.05, 0) is 28.9 Å². The number of hydrogen-bond donors (Lipinski definition) is 2. The Kier molecular flexibility index (Phi) is 2.60. The molecule has 2 heterocycles. The van der Waals surface area contributed by atoms with Crippen LogP contribution in [0.5, 0.6) is 0 Å². The van der Waals surface area contributed by atoms with Gasteiger partial charge in [-0.1, -0.05) is 0 Å². The number of rotatable bonds is 2. The average molecular weight is 272 g/mol. The molecule has 0 aliphatic heterocycles. The molecule has 0 unspecified atom stereocenters. The second-order valence-corrected chi connectivity index (χ2v) is 4.78. The van der Waals surface area contributed by atoms with Crippen molar-refractivity contribution >= 4 is 33.0 Å². The minimum atomic E-state index is 0.987. The summed E-state index contributed by atoms with van der Waals surface area (Å²) in [7, 11) is 1.91. The molecule has 0 bridgehead atoms. The van der Waals surface area contributed by atoms with Gasteiger partial charge >= 0.3 is 0 Å². The zero-order valence-corrected chi connectivity index (χ0v) is 10.3. The molecule has 0 atom stereocenters. The normalized spacial score (nSPS) is 10.5. The van der Waals surface area contributed by atoms with E-state index >= 15 is 0 Å². The molecular weight excluding hydrogens is 262 g/mol. The van der Waals surface area contributed by atoms with Crippen molar-refractivity contribution in [2.24, 2.45) is 0 Å². The fourth-order valence-electron chi connectivity index (χ4n) is 1.35. The predicted octanol–water partition coefficient (Wildman–Crippen LogP) is 3.25. The Morgan fingerprint density at radius 3 is 2.93 bits per heavy atom. The molecule has 3 nitrogen and oxygen atoms in total. The Morgan fingerprint density at radius 2 is 2.36 bits per heavy atom. The molecule has 74 valence electrons. The van der Waals surface area contributed by atoms with Crippen LogP contribution in [0.2, 0.25) is 0 Å². The Bertz CT molecular complexity index is 447. The van der Waals surface area contributed by atoms with Gasteiger partial charge in [0.1, 0.15) is 5.69 Å². The summed E-state index contributed by atoms with van der Waals surface area (Å²) >= 11 is 5.11. The summed E-state index contributed by atoms with van der Waals surface area (Å²) in [6, 6.07) is 2.07. The third-order valence-corrected chi connectivity index (χ3v) is 3.70. The van der Waals surface area contributed by atoms with Crippen LogP contribution >= 0.6 is 27.3 Å². The summed E-state index contributed by atoms with van der Waals surface area (Å²) in [5.74, 6) is 0. The fourth-order valence-corrected chi connectivity index (χ4v) is 2.77. The van der Waals surface area contributed by atoms with Crippen molar-refractivity contribution in [3.05, 3.63) is 21.6 Å². The maximum Gasteiger partial charge on any atom is 0.125 e. The van der Waals surface area contributed by atoms with Crippen LogP contribution in [0.15, 0.2) is 15.9 Å². The van der Waals surface area contributed by atoms with Gasteiger partial charge in [-0.3, -0.25) is 5.10 Å². The van der Waals surface area contributed by atoms with Gasteiger partial charge in [0.2, 0.25) is 0 Å². The highest BCUT2D eigenvalue weighted by atomic mass is 79.9. The van der Waals surface area contributed by atoms with Crippen molar-refractivity contribution < 1.29 is 0 Å². The molecule has 2 aromatic rings. The Balaban J connectivity index is 2.51. The van der Waals surface area contributed by atoms with Gasteiger partial charge in [0, 0.05) is 16.9 Å². The first-order chi connectivity index (χ1) is 6.72. The second-order valence-electron chi connectivity index (χ2n) is 2.95. The summed E-state index contributed by atoms with van der Waals surface area (Å²) in [4.78, 5) is 1.16. The third-order valence-electron chi connectivity index (χ3n) is 2.00. The molecule has 0 aliphatic rings. The molecule has 0 aliphatic carbocycles. The molecular formula is C9H10BrN3S. The molecule has 2 N–H and O–H groups in total. The van der Waals surface area contributed by atoms with Crippen molar-refractivity contribution in [3.63, 3.8) is 0 Å². The number of nitrogens with zero attached hydrogens (tertiary/aromatic N) is 1. The fraction of sp³-hybridized carbons (Fsp3) is 0.222. The van der Waals surface area contributed by atoms with E-state index < -0.39 is 0 Å². The minimum Gasteiger partial charge on any atom is -0.385 e. The molecule has 2 rings (SSSR count). The molecule has 0 amide bonds. The van der Waals surface area contributed by atoms with Gasteiger partial charge in [-0.15, -0.1) is 11.3 Å². The number of halogens is 1. The second kappa shape index (κ2) is 3.74. The molecule has 0 fully saturated rings. The van der Waals surface area contributed by atoms with Crippen molar-refractivity contribution in [1.29, 1.82) is 0 Å². The predicted molar refractivity (Wildman–Crippen MR) is 63.9 cm³/mol. The quantitative estimate of drug-likeness (QED) is 0.881. The van der Waals surface area contributed by atoms with Crippen molar-refractivity contribution in [3.8, 4) is 10.6 Å². The SMILES string of the molecule is CNc1c(-c2cc(Br)cs2)n[nH]c1C. The van der Waals surface area contributed by atoms with Crippen LogP contribution in [-0.4, -0.2) is 17.2 Å². The first-order valence-corrected chi connectivity index (χ1v) is 5.86. The average Bonchev–Trinajstić information content (AvgIpc) is 2.71. The zero-order chi connectivity index (χ0) is 10.1. The van der Waals surface area contributed by atoms with Gasteiger partial charge in [-0.2, -0.15) is 5.10 Å². The third kappa shape index (κ3) is 1.57. The molecule has 14 heavy (non-hydrogen) atoms. The van der Waals surface area contributed by atoms with E-state index in [9.17, 15) is 0 Å². The first-order valence-electron chi connectivity index (χ1n) is 4.19. The van der Waals surface area contributed by atoms with E-state index in [0.29, 0.717) is 0 Å². The lowest BCUT2D eigenvalue weighted by atomic mass is 10.2. The highest BCUT2D eigenvalue weighted by molar-refractivity contribution is 9.10. The van der Waals surface area contributed by atoms with E-state index in [-0.39, 0.29) is 0 Å². The van der Waals surface area contributed by atoms with Gasteiger partial charge in [0.05, 0.1) is 16.3 Å². The van der Waals surface area contributed by atoms with Crippen LogP contribution < -0.4 is 5.32 Å². The summed E-state index contributed by atoms with van der Waals surface area (Å²) in [6.45, 7) is 2.00. The van der Waals surface area contributed by atoms with Crippen molar-refractivity contribution in [2.45, 2.75) is 6.92 Å². The van der Waals surface area contributed by atoms with Crippen LogP contribution in [-0.2, 0) is 0 Å². The van der Waals surface area contributed by atoms with Gasteiger partial charge in [0.25, 0.3) is 0 Å². The van der Waals surface area contributed by atoms with Gasteiger partial charge in [-0.25, -0.2) is 0 Å². The first kappa shape index (κ1) is 9.73. The largest absolute Gasteiger partial charge is 0.385 e. The number of aromatic amines is 1. The van der Waals surface area contributed by atoms with E-state index in [1.807, 2.05) is 14.0 Å². The van der Waals surface area contributed by atoms with Crippen molar-refractivity contribution in [2.75, 3.05) is 12.4 Å². The highest BCUT2D eigenvalue weighted by Crippen LogP contribution is 2.34. The Morgan fingerprint density at radius 1 is 1.57 bits per heavy atom. The molecule has 0 radical (unpaired) electrons. The number of hydrogen-bond acceptors (Lipinski definition) is 3. The van der Waals surface area contributed by atoms with Crippen molar-refractivity contribution in [1.82, 2.24) is 10.2 Å². The number of thiophene rings is 1. The lowest BCUT2D eigenvalue weighted by molar-refractivity contribution is 1.05. The molecule has 0 spiro atoms. The lowest BCUT2D eigenvalue weighted by Crippen LogP contribution is -1.89. The topological polar surface area (TPSA) is 40.7 Å². The number of anilines is 1. The molecule has 5 heteroatoms. The van der Waals surface area contributed by atoms with Crippen LogP contribution in [0.4, 0.5) is 5.69 Å². The summed E-state index contributed by atoms with van der Waals surface area (Å²) in [6.07, 6.45) is 0. The monoisotopic (exact) mass is 271 g/mol. The van der Waals surface area contributed by atoms with Crippen LogP contribution in [0, 0.1) is 6.92 Å². The lowest BCUT2D eigenvalue weighted by Gasteiger charge is -1.99. The van der Waals surface area contributed by atoms with E-state index in [0.717, 1.165) is 26.4 Å². The van der Waals surface area contributed by atoms with E-state index in [4.69, 9.17) is 0 Å². The molecule has 0 saturated heterocycles. The van der Waals surface area contributed by atoms with Gasteiger partial charge in [0.15, 0.2) is 0 Å². The van der Waals surface area contributed by atoms with E-state index in [1.165, 1.54) is 0 Å². The molecule has 2 aromatic heterocycles. The Hall–Kier alpha value is -0.810. The summed E-state index contributed by atoms with van der Waals surface area (Å²) < 4.78 is 1.10. The smallest absolute Gasteiger partial charge is 0.125 e. The maximum atomic E-state index is 4.27. The van der Waals surface area contributed by atoms with E-state index in [1.54, 1.807) is 11.3 Å². The number of aromatic nitrogens is 2. The standard InChI is InChI=1S/C9H10BrN3S/c1-5-8(11-2)9(13-12-5)7-3-6(10)4-14-7/h3-4,11H,1-2H3,(H,12,13). The van der Waals surface area contributed by atoms with Gasteiger partial charge < -0.3 is 5.32 Å². The number of H-pyrrole nitrogens is 1. The van der Waals surface area contributed by atoms with Crippen LogP contribution in [0.1, 0.15) is 5.69 Å². The number of nitrogens with one attached hydrogen (secondary N) is 2.